The molecule has 594 valence electrons. The van der Waals surface area contributed by atoms with Crippen molar-refractivity contribution in [3.8, 4) is 0 Å². The predicted octanol–water partition coefficient (Wildman–Crippen LogP) is 24.0. The van der Waals surface area contributed by atoms with Crippen LogP contribution in [0.2, 0.25) is 0 Å². The van der Waals surface area contributed by atoms with Crippen LogP contribution >= 0.6 is 15.6 Å². The lowest BCUT2D eigenvalue weighted by molar-refractivity contribution is -0.161. The summed E-state index contributed by atoms with van der Waals surface area (Å²) in [6.07, 6.45) is 57.0. The molecular weight excluding hydrogens is 1310 g/mol. The lowest BCUT2D eigenvalue weighted by atomic mass is 9.99. The summed E-state index contributed by atoms with van der Waals surface area (Å²) in [7, 11) is -9.92. The van der Waals surface area contributed by atoms with Crippen molar-refractivity contribution in [1.29, 1.82) is 0 Å². The van der Waals surface area contributed by atoms with Crippen LogP contribution in [0.3, 0.4) is 0 Å². The zero-order valence-corrected chi connectivity index (χ0v) is 67.6. The van der Waals surface area contributed by atoms with Gasteiger partial charge in [0.25, 0.3) is 0 Å². The number of phosphoric acid groups is 2. The Morgan fingerprint density at radius 1 is 0.280 bits per heavy atom. The van der Waals surface area contributed by atoms with E-state index in [1.165, 1.54) is 212 Å². The van der Waals surface area contributed by atoms with Gasteiger partial charge in [0.15, 0.2) is 12.2 Å². The number of carbonyl (C=O) groups excluding carboxylic acids is 4. The molecule has 0 aliphatic rings. The fraction of sp³-hybridized carbons (Fsp3) is 0.951. The Morgan fingerprint density at radius 3 is 0.710 bits per heavy atom. The lowest BCUT2D eigenvalue weighted by Crippen LogP contribution is -2.30. The minimum Gasteiger partial charge on any atom is -0.462 e. The number of aliphatic hydroxyl groups excluding tert-OH is 1. The zero-order valence-electron chi connectivity index (χ0n) is 65.8. The number of carbonyl (C=O) groups is 4. The topological polar surface area (TPSA) is 237 Å². The molecule has 0 aromatic heterocycles. The molecule has 0 bridgehead atoms. The van der Waals surface area contributed by atoms with Crippen LogP contribution < -0.4 is 0 Å². The van der Waals surface area contributed by atoms with E-state index >= 15 is 0 Å². The van der Waals surface area contributed by atoms with Gasteiger partial charge in [0.2, 0.25) is 0 Å². The van der Waals surface area contributed by atoms with Gasteiger partial charge in [-0.3, -0.25) is 37.3 Å². The fourth-order valence-corrected chi connectivity index (χ4v) is 14.0. The molecule has 0 amide bonds. The molecule has 0 saturated carbocycles. The number of ether oxygens (including phenoxy) is 4. The van der Waals surface area contributed by atoms with Crippen molar-refractivity contribution in [3.63, 3.8) is 0 Å². The van der Waals surface area contributed by atoms with E-state index in [2.05, 4.69) is 55.4 Å². The molecule has 4 unspecified atom stereocenters. The highest BCUT2D eigenvalue weighted by molar-refractivity contribution is 7.47. The average molecular weight is 1470 g/mol. The van der Waals surface area contributed by atoms with Crippen molar-refractivity contribution in [1.82, 2.24) is 0 Å². The fourth-order valence-electron chi connectivity index (χ4n) is 12.4. The SMILES string of the molecule is CCC(C)CCCCCCCCCCCCCCCCCCCCC(=O)O[C@H](COC(=O)CCCCCCCCCCCCCCCC(C)C)COP(=O)(O)OCC(O)COP(=O)(O)OC[C@@H](COC(=O)CCCCCCCCCC(C)C)OC(=O)CCCCCCCCCCCC(C)C. The van der Waals surface area contributed by atoms with E-state index in [0.717, 1.165) is 114 Å². The van der Waals surface area contributed by atoms with Gasteiger partial charge < -0.3 is 33.8 Å². The van der Waals surface area contributed by atoms with Gasteiger partial charge in [-0.25, -0.2) is 9.13 Å². The first-order valence-electron chi connectivity index (χ1n) is 41.7. The molecule has 0 aromatic rings. The molecule has 0 saturated heterocycles. The highest BCUT2D eigenvalue weighted by atomic mass is 31.2. The summed E-state index contributed by atoms with van der Waals surface area (Å²) in [5.41, 5.74) is 0. The average Bonchev–Trinajstić information content (AvgIpc) is 0.950. The summed E-state index contributed by atoms with van der Waals surface area (Å²) in [4.78, 5) is 73.0. The van der Waals surface area contributed by atoms with Crippen molar-refractivity contribution >= 4 is 39.5 Å². The van der Waals surface area contributed by atoms with Crippen LogP contribution in [0.5, 0.6) is 0 Å². The van der Waals surface area contributed by atoms with E-state index in [0.29, 0.717) is 31.6 Å². The molecule has 0 heterocycles. The normalized spacial score (nSPS) is 14.3. The smallest absolute Gasteiger partial charge is 0.462 e. The largest absolute Gasteiger partial charge is 0.472 e. The Labute approximate surface area is 613 Å². The maximum atomic E-state index is 13.1. The van der Waals surface area contributed by atoms with Gasteiger partial charge in [-0.05, 0) is 49.4 Å². The maximum absolute atomic E-state index is 13.1. The Morgan fingerprint density at radius 2 is 0.480 bits per heavy atom. The van der Waals surface area contributed by atoms with Crippen LogP contribution in [-0.4, -0.2) is 96.7 Å². The van der Waals surface area contributed by atoms with Gasteiger partial charge >= 0.3 is 39.5 Å². The summed E-state index contributed by atoms with van der Waals surface area (Å²) in [6.45, 7) is 14.2. The number of phosphoric ester groups is 2. The summed E-state index contributed by atoms with van der Waals surface area (Å²) < 4.78 is 68.7. The first-order chi connectivity index (χ1) is 48.1. The van der Waals surface area contributed by atoms with Gasteiger partial charge in [0.05, 0.1) is 26.4 Å². The van der Waals surface area contributed by atoms with Crippen LogP contribution in [-0.2, 0) is 65.4 Å². The van der Waals surface area contributed by atoms with Crippen molar-refractivity contribution < 1.29 is 80.2 Å². The lowest BCUT2D eigenvalue weighted by Gasteiger charge is -2.21. The van der Waals surface area contributed by atoms with E-state index < -0.39 is 97.5 Å². The summed E-state index contributed by atoms with van der Waals surface area (Å²) >= 11 is 0. The molecule has 0 aliphatic heterocycles. The van der Waals surface area contributed by atoms with Gasteiger partial charge in [0.1, 0.15) is 19.3 Å². The van der Waals surface area contributed by atoms with E-state index in [4.69, 9.17) is 37.0 Å². The van der Waals surface area contributed by atoms with E-state index in [9.17, 15) is 43.2 Å². The third kappa shape index (κ3) is 73.0. The van der Waals surface area contributed by atoms with Crippen LogP contribution in [0.25, 0.3) is 0 Å². The molecule has 6 atom stereocenters. The van der Waals surface area contributed by atoms with Crippen molar-refractivity contribution in [2.24, 2.45) is 23.7 Å². The molecule has 0 aromatic carbocycles. The molecule has 17 nitrogen and oxygen atoms in total. The van der Waals surface area contributed by atoms with E-state index in [1.54, 1.807) is 0 Å². The zero-order chi connectivity index (χ0) is 73.8. The third-order valence-electron chi connectivity index (χ3n) is 19.2. The highest BCUT2D eigenvalue weighted by Crippen LogP contribution is 2.45. The summed E-state index contributed by atoms with van der Waals surface area (Å²) in [5, 5.41) is 10.6. The molecular formula is C81H158O17P2. The molecule has 0 fully saturated rings. The Balaban J connectivity index is 5.21. The van der Waals surface area contributed by atoms with E-state index in [1.807, 2.05) is 0 Å². The summed E-state index contributed by atoms with van der Waals surface area (Å²) in [5.74, 6) is 0.987. The van der Waals surface area contributed by atoms with Crippen molar-refractivity contribution in [2.45, 2.75) is 433 Å². The minimum absolute atomic E-state index is 0.104. The van der Waals surface area contributed by atoms with Crippen molar-refractivity contribution in [2.75, 3.05) is 39.6 Å². The molecule has 0 radical (unpaired) electrons. The van der Waals surface area contributed by atoms with Crippen LogP contribution in [0.15, 0.2) is 0 Å². The Bertz CT molecular complexity index is 1960. The number of hydrogen-bond acceptors (Lipinski definition) is 15. The summed E-state index contributed by atoms with van der Waals surface area (Å²) in [6, 6.07) is 0. The minimum atomic E-state index is -4.96. The number of aliphatic hydroxyl groups is 1. The quantitative estimate of drug-likeness (QED) is 0.0222. The second-order valence-corrected chi connectivity index (χ2v) is 33.7. The number of esters is 4. The van der Waals surface area contributed by atoms with Gasteiger partial charge in [-0.2, -0.15) is 0 Å². The number of unbranched alkanes of at least 4 members (excludes halogenated alkanes) is 43. The Kier molecular flexibility index (Phi) is 68.7. The van der Waals surface area contributed by atoms with Crippen LogP contribution in [0.1, 0.15) is 415 Å². The van der Waals surface area contributed by atoms with Gasteiger partial charge in [0, 0.05) is 25.7 Å². The predicted molar refractivity (Wildman–Crippen MR) is 409 cm³/mol. The van der Waals surface area contributed by atoms with E-state index in [-0.39, 0.29) is 25.7 Å². The number of rotatable bonds is 78. The molecule has 0 spiro atoms. The standard InChI is InChI=1S/C81H158O17P2/c1-9-74(8)60-52-44-36-28-22-18-14-12-10-11-13-15-19-24-30-38-47-55-63-80(85)97-76(67-91-78(83)61-53-45-37-29-23-20-16-17-21-26-33-41-49-57-71(2)3)69-95-99(87,88)93-65-75(82)66-94-100(89,90)96-70-77(68-92-79(84)62-54-46-40-32-35-43-51-59-73(6)7)98-81(86)64-56-48-39-31-25-27-34-42-50-58-72(4)5/h71-77,82H,9-70H2,1-8H3,(H,87,88)(H,89,90)/t74?,75?,76-,77-/m1/s1. The monoisotopic (exact) mass is 1470 g/mol. The van der Waals surface area contributed by atoms with Crippen LogP contribution in [0.4, 0.5) is 0 Å². The molecule has 19 heteroatoms. The third-order valence-corrected chi connectivity index (χ3v) is 21.1. The van der Waals surface area contributed by atoms with Crippen molar-refractivity contribution in [3.05, 3.63) is 0 Å². The molecule has 0 rings (SSSR count). The molecule has 100 heavy (non-hydrogen) atoms. The van der Waals surface area contributed by atoms with Gasteiger partial charge in [-0.15, -0.1) is 0 Å². The van der Waals surface area contributed by atoms with Crippen LogP contribution in [0, 0.1) is 23.7 Å². The number of hydrogen-bond donors (Lipinski definition) is 3. The second-order valence-electron chi connectivity index (χ2n) is 30.8. The molecule has 0 aliphatic carbocycles. The first-order valence-corrected chi connectivity index (χ1v) is 44.7. The first kappa shape index (κ1) is 98.1. The van der Waals surface area contributed by atoms with Gasteiger partial charge in [-0.1, -0.05) is 364 Å². The second kappa shape index (κ2) is 70.1. The Hall–Kier alpha value is -1.94. The molecule has 3 N–H and O–H groups in total. The maximum Gasteiger partial charge on any atom is 0.472 e. The highest BCUT2D eigenvalue weighted by Gasteiger charge is 2.30.